The first-order chi connectivity index (χ1) is 9.75. The molecule has 2 rings (SSSR count). The van der Waals surface area contributed by atoms with E-state index in [4.69, 9.17) is 9.52 Å². The molecule has 0 radical (unpaired) electrons. The predicted octanol–water partition coefficient (Wildman–Crippen LogP) is 2.90. The Balaban J connectivity index is 2.55. The monoisotopic (exact) mass is 289 g/mol. The van der Waals surface area contributed by atoms with Gasteiger partial charge in [-0.25, -0.2) is 4.79 Å². The maximum absolute atomic E-state index is 12.5. The highest BCUT2D eigenvalue weighted by atomic mass is 16.4. The maximum atomic E-state index is 12.5. The molecule has 0 fully saturated rings. The van der Waals surface area contributed by atoms with Crippen LogP contribution in [0.3, 0.4) is 0 Å². The molecule has 112 valence electrons. The Morgan fingerprint density at radius 3 is 2.29 bits per heavy atom. The molecule has 1 unspecified atom stereocenters. The van der Waals surface area contributed by atoms with E-state index < -0.39 is 17.9 Å². The standard InChI is InChI=1S/C16H19NO4/c1-8-6-7-9(2)13-12(8)10(3)14(21-13)15(18)17(5)11(4)16(19)20/h6-7,11H,1-5H3,(H,19,20). The van der Waals surface area contributed by atoms with Crippen molar-refractivity contribution in [3.8, 4) is 0 Å². The highest BCUT2D eigenvalue weighted by molar-refractivity contribution is 6.01. The maximum Gasteiger partial charge on any atom is 0.326 e. The van der Waals surface area contributed by atoms with E-state index >= 15 is 0 Å². The Kier molecular flexibility index (Phi) is 3.77. The number of aryl methyl sites for hydroxylation is 3. The number of furan rings is 1. The number of carboxylic acid groups (broad SMARTS) is 1. The van der Waals surface area contributed by atoms with E-state index in [1.807, 2.05) is 32.9 Å². The van der Waals surface area contributed by atoms with E-state index in [1.54, 1.807) is 0 Å². The normalized spacial score (nSPS) is 12.4. The Labute approximate surface area is 123 Å². The zero-order valence-electron chi connectivity index (χ0n) is 12.9. The molecule has 5 heteroatoms. The van der Waals surface area contributed by atoms with Crippen LogP contribution in [0.15, 0.2) is 16.5 Å². The molecule has 0 spiro atoms. The van der Waals surface area contributed by atoms with Crippen LogP contribution >= 0.6 is 0 Å². The van der Waals surface area contributed by atoms with Gasteiger partial charge in [0.1, 0.15) is 11.6 Å². The Bertz CT molecular complexity index is 729. The molecule has 1 aromatic heterocycles. The fraction of sp³-hybridized carbons (Fsp3) is 0.375. The number of benzene rings is 1. The molecule has 1 amide bonds. The third-order valence-corrected chi connectivity index (χ3v) is 3.94. The SMILES string of the molecule is Cc1ccc(C)c2c(C)c(C(=O)N(C)C(C)C(=O)O)oc12. The average molecular weight is 289 g/mol. The largest absolute Gasteiger partial charge is 0.480 e. The van der Waals surface area contributed by atoms with Crippen LogP contribution in [0.25, 0.3) is 11.0 Å². The number of rotatable bonds is 3. The van der Waals surface area contributed by atoms with Gasteiger partial charge < -0.3 is 14.4 Å². The molecule has 0 aliphatic rings. The van der Waals surface area contributed by atoms with Crippen molar-refractivity contribution in [3.05, 3.63) is 34.6 Å². The Morgan fingerprint density at radius 1 is 1.19 bits per heavy atom. The number of fused-ring (bicyclic) bond motifs is 1. The summed E-state index contributed by atoms with van der Waals surface area (Å²) in [5, 5.41) is 9.95. The summed E-state index contributed by atoms with van der Waals surface area (Å²) in [6, 6.07) is 3.02. The van der Waals surface area contributed by atoms with Crippen LogP contribution in [0.1, 0.15) is 34.2 Å². The van der Waals surface area contributed by atoms with Gasteiger partial charge >= 0.3 is 5.97 Å². The first-order valence-electron chi connectivity index (χ1n) is 6.75. The van der Waals surface area contributed by atoms with Crippen LogP contribution in [0.4, 0.5) is 0 Å². The second-order valence-corrected chi connectivity index (χ2v) is 5.39. The molecule has 0 aliphatic heterocycles. The molecule has 2 aromatic rings. The average Bonchev–Trinajstić information content (AvgIpc) is 2.79. The molecule has 1 atom stereocenters. The van der Waals surface area contributed by atoms with Crippen molar-refractivity contribution >= 4 is 22.8 Å². The number of likely N-dealkylation sites (N-methyl/N-ethyl adjacent to an activating group) is 1. The minimum Gasteiger partial charge on any atom is -0.480 e. The van der Waals surface area contributed by atoms with Gasteiger partial charge in [-0.15, -0.1) is 0 Å². The highest BCUT2D eigenvalue weighted by Gasteiger charge is 2.28. The van der Waals surface area contributed by atoms with Gasteiger partial charge in [0.2, 0.25) is 0 Å². The molecule has 5 nitrogen and oxygen atoms in total. The summed E-state index contributed by atoms with van der Waals surface area (Å²) in [5.41, 5.74) is 3.42. The number of carbonyl (C=O) groups excluding carboxylic acids is 1. The van der Waals surface area contributed by atoms with Crippen molar-refractivity contribution in [1.82, 2.24) is 4.90 Å². The van der Waals surface area contributed by atoms with Gasteiger partial charge in [0.25, 0.3) is 5.91 Å². The Hall–Kier alpha value is -2.30. The van der Waals surface area contributed by atoms with Crippen molar-refractivity contribution in [1.29, 1.82) is 0 Å². The van der Waals surface area contributed by atoms with Crippen molar-refractivity contribution < 1.29 is 19.1 Å². The summed E-state index contributed by atoms with van der Waals surface area (Å²) in [4.78, 5) is 24.7. The molecule has 0 saturated carbocycles. The van der Waals surface area contributed by atoms with Crippen molar-refractivity contribution in [3.63, 3.8) is 0 Å². The van der Waals surface area contributed by atoms with Gasteiger partial charge in [-0.05, 0) is 38.8 Å². The number of hydrogen-bond donors (Lipinski definition) is 1. The van der Waals surface area contributed by atoms with Gasteiger partial charge in [-0.2, -0.15) is 0 Å². The number of aliphatic carboxylic acids is 1. The molecule has 21 heavy (non-hydrogen) atoms. The van der Waals surface area contributed by atoms with E-state index in [0.29, 0.717) is 5.58 Å². The third-order valence-electron chi connectivity index (χ3n) is 3.94. The van der Waals surface area contributed by atoms with Gasteiger partial charge in [0.15, 0.2) is 5.76 Å². The van der Waals surface area contributed by atoms with Crippen molar-refractivity contribution in [2.75, 3.05) is 7.05 Å². The summed E-state index contributed by atoms with van der Waals surface area (Å²) in [5.74, 6) is -1.26. The molecule has 1 heterocycles. The minimum atomic E-state index is -1.05. The lowest BCUT2D eigenvalue weighted by molar-refractivity contribution is -0.141. The van der Waals surface area contributed by atoms with Crippen LogP contribution in [0.2, 0.25) is 0 Å². The van der Waals surface area contributed by atoms with Crippen molar-refractivity contribution in [2.24, 2.45) is 0 Å². The summed E-state index contributed by atoms with van der Waals surface area (Å²) in [6.45, 7) is 7.17. The predicted molar refractivity (Wildman–Crippen MR) is 79.6 cm³/mol. The van der Waals surface area contributed by atoms with E-state index in [2.05, 4.69) is 0 Å². The number of amides is 1. The third kappa shape index (κ3) is 2.39. The first kappa shape index (κ1) is 15.1. The lowest BCUT2D eigenvalue weighted by Gasteiger charge is -2.20. The van der Waals surface area contributed by atoms with Crippen LogP contribution in [-0.2, 0) is 4.79 Å². The Morgan fingerprint density at radius 2 is 1.76 bits per heavy atom. The number of nitrogens with zero attached hydrogens (tertiary/aromatic N) is 1. The van der Waals surface area contributed by atoms with Crippen molar-refractivity contribution in [2.45, 2.75) is 33.7 Å². The van der Waals surface area contributed by atoms with E-state index in [1.165, 1.54) is 18.9 Å². The van der Waals surface area contributed by atoms with Gasteiger partial charge in [-0.3, -0.25) is 4.79 Å². The molecule has 0 aliphatic carbocycles. The van der Waals surface area contributed by atoms with Gasteiger partial charge in [-0.1, -0.05) is 12.1 Å². The van der Waals surface area contributed by atoms with Crippen LogP contribution in [0, 0.1) is 20.8 Å². The second-order valence-electron chi connectivity index (χ2n) is 5.39. The zero-order valence-corrected chi connectivity index (χ0v) is 12.9. The number of carbonyl (C=O) groups is 2. The molecule has 0 saturated heterocycles. The van der Waals surface area contributed by atoms with E-state index in [0.717, 1.165) is 22.1 Å². The fourth-order valence-corrected chi connectivity index (χ4v) is 2.38. The minimum absolute atomic E-state index is 0.206. The lowest BCUT2D eigenvalue weighted by Crippen LogP contribution is -2.40. The summed E-state index contributed by atoms with van der Waals surface area (Å²) >= 11 is 0. The quantitative estimate of drug-likeness (QED) is 0.943. The molecule has 0 bridgehead atoms. The van der Waals surface area contributed by atoms with E-state index in [-0.39, 0.29) is 5.76 Å². The summed E-state index contributed by atoms with van der Waals surface area (Å²) in [7, 11) is 1.47. The van der Waals surface area contributed by atoms with Gasteiger partial charge in [0, 0.05) is 18.0 Å². The fourth-order valence-electron chi connectivity index (χ4n) is 2.38. The summed E-state index contributed by atoms with van der Waals surface area (Å²) in [6.07, 6.45) is 0. The summed E-state index contributed by atoms with van der Waals surface area (Å²) < 4.78 is 5.74. The number of hydrogen-bond acceptors (Lipinski definition) is 3. The second kappa shape index (κ2) is 5.24. The smallest absolute Gasteiger partial charge is 0.326 e. The van der Waals surface area contributed by atoms with Gasteiger partial charge in [0.05, 0.1) is 0 Å². The van der Waals surface area contributed by atoms with Crippen LogP contribution in [0.5, 0.6) is 0 Å². The zero-order chi connectivity index (χ0) is 15.9. The molecular weight excluding hydrogens is 270 g/mol. The first-order valence-corrected chi connectivity index (χ1v) is 6.75. The topological polar surface area (TPSA) is 70.8 Å². The number of carboxylic acids is 1. The van der Waals surface area contributed by atoms with Crippen LogP contribution in [-0.4, -0.2) is 35.0 Å². The molecule has 1 N–H and O–H groups in total. The van der Waals surface area contributed by atoms with Crippen LogP contribution < -0.4 is 0 Å². The molecular formula is C16H19NO4. The highest BCUT2D eigenvalue weighted by Crippen LogP contribution is 2.31. The molecule has 1 aromatic carbocycles. The lowest BCUT2D eigenvalue weighted by atomic mass is 10.0. The van der Waals surface area contributed by atoms with E-state index in [9.17, 15) is 9.59 Å².